The highest BCUT2D eigenvalue weighted by Gasteiger charge is 2.35. The number of hydrogen-bond donors (Lipinski definition) is 0. The van der Waals surface area contributed by atoms with Crippen LogP contribution in [0.4, 0.5) is 0 Å². The van der Waals surface area contributed by atoms with Gasteiger partial charge in [0.25, 0.3) is 0 Å². The predicted molar refractivity (Wildman–Crippen MR) is 77.0 cm³/mol. The average Bonchev–Trinajstić information content (AvgIpc) is 2.34. The average molecular weight is 310 g/mol. The van der Waals surface area contributed by atoms with Gasteiger partial charge >= 0.3 is 0 Å². The predicted octanol–water partition coefficient (Wildman–Crippen LogP) is 3.84. The highest BCUT2D eigenvalue weighted by molar-refractivity contribution is 9.10. The van der Waals surface area contributed by atoms with Crippen molar-refractivity contribution in [1.82, 2.24) is 4.90 Å². The summed E-state index contributed by atoms with van der Waals surface area (Å²) in [5, 5.41) is 0. The monoisotopic (exact) mass is 309 g/mol. The third-order valence-corrected chi connectivity index (χ3v) is 4.57. The van der Waals surface area contributed by atoms with Gasteiger partial charge in [-0.2, -0.15) is 0 Å². The number of halogens is 1. The third-order valence-electron chi connectivity index (χ3n) is 4.08. The molecule has 0 atom stereocenters. The molecule has 1 saturated heterocycles. The molecule has 0 radical (unpaired) electrons. The molecular weight excluding hydrogens is 290 g/mol. The van der Waals surface area contributed by atoms with E-state index in [1.807, 2.05) is 24.3 Å². The minimum Gasteiger partial charge on any atom is -0.490 e. The van der Waals surface area contributed by atoms with Crippen LogP contribution in [0.5, 0.6) is 5.75 Å². The van der Waals surface area contributed by atoms with Crippen LogP contribution in [0.2, 0.25) is 0 Å². The second-order valence-corrected chi connectivity index (χ2v) is 6.33. The van der Waals surface area contributed by atoms with Crippen molar-refractivity contribution in [3.63, 3.8) is 0 Å². The molecule has 0 unspecified atom stereocenters. The van der Waals surface area contributed by atoms with E-state index in [1.165, 1.54) is 45.2 Å². The van der Waals surface area contributed by atoms with Crippen LogP contribution in [0.15, 0.2) is 28.7 Å². The fourth-order valence-electron chi connectivity index (χ4n) is 2.95. The third kappa shape index (κ3) is 2.89. The van der Waals surface area contributed by atoms with Gasteiger partial charge in [0.2, 0.25) is 0 Å². The Morgan fingerprint density at radius 1 is 1.11 bits per heavy atom. The molecule has 98 valence electrons. The lowest BCUT2D eigenvalue weighted by atomic mass is 9.86. The molecule has 1 heterocycles. The van der Waals surface area contributed by atoms with Crippen LogP contribution in [0.1, 0.15) is 32.1 Å². The van der Waals surface area contributed by atoms with Crippen molar-refractivity contribution < 1.29 is 4.74 Å². The molecular formula is C15H20BrNO. The van der Waals surface area contributed by atoms with Gasteiger partial charge in [0.05, 0.1) is 0 Å². The summed E-state index contributed by atoms with van der Waals surface area (Å²) in [4.78, 5) is 2.66. The van der Waals surface area contributed by atoms with E-state index in [9.17, 15) is 0 Å². The van der Waals surface area contributed by atoms with Gasteiger partial charge in [-0.3, -0.25) is 0 Å². The number of piperidine rings is 1. The van der Waals surface area contributed by atoms with E-state index in [-0.39, 0.29) is 0 Å². The molecule has 18 heavy (non-hydrogen) atoms. The molecule has 2 aliphatic rings. The summed E-state index contributed by atoms with van der Waals surface area (Å²) in [6.07, 6.45) is 7.01. The van der Waals surface area contributed by atoms with Gasteiger partial charge < -0.3 is 9.64 Å². The number of benzene rings is 1. The number of nitrogens with zero attached hydrogens (tertiary/aromatic N) is 1. The fraction of sp³-hybridized carbons (Fsp3) is 0.600. The summed E-state index contributed by atoms with van der Waals surface area (Å²) in [7, 11) is 0. The lowest BCUT2D eigenvalue weighted by molar-refractivity contribution is 0.00890. The lowest BCUT2D eigenvalue weighted by Gasteiger charge is -2.44. The van der Waals surface area contributed by atoms with Crippen molar-refractivity contribution in [3.8, 4) is 5.75 Å². The maximum atomic E-state index is 6.00. The highest BCUT2D eigenvalue weighted by Crippen LogP contribution is 2.32. The van der Waals surface area contributed by atoms with Crippen LogP contribution >= 0.6 is 15.9 Å². The molecule has 0 N–H and O–H groups in total. The van der Waals surface area contributed by atoms with Gasteiger partial charge in [-0.05, 0) is 44.1 Å². The molecule has 2 fully saturated rings. The first-order chi connectivity index (χ1) is 8.81. The molecule has 1 saturated carbocycles. The Kier molecular flexibility index (Phi) is 3.90. The van der Waals surface area contributed by atoms with Crippen molar-refractivity contribution in [2.24, 2.45) is 0 Å². The van der Waals surface area contributed by atoms with E-state index in [1.54, 1.807) is 0 Å². The molecule has 0 aromatic heterocycles. The van der Waals surface area contributed by atoms with E-state index in [2.05, 4.69) is 20.8 Å². The lowest BCUT2D eigenvalue weighted by Crippen LogP contribution is -2.50. The molecule has 0 spiro atoms. The van der Waals surface area contributed by atoms with Crippen LogP contribution in [0.3, 0.4) is 0 Å². The molecule has 2 nitrogen and oxygen atoms in total. The second-order valence-electron chi connectivity index (χ2n) is 5.42. The van der Waals surface area contributed by atoms with Gasteiger partial charge in [-0.15, -0.1) is 0 Å². The van der Waals surface area contributed by atoms with E-state index < -0.39 is 0 Å². The topological polar surface area (TPSA) is 12.5 Å². The Bertz CT molecular complexity index is 397. The molecule has 1 aromatic carbocycles. The number of likely N-dealkylation sites (tertiary alicyclic amines) is 1. The molecule has 3 heteroatoms. The number of rotatable bonds is 3. The Labute approximate surface area is 117 Å². The Balaban J connectivity index is 1.47. The molecule has 3 rings (SSSR count). The SMILES string of the molecule is Brc1cccc(O[C@H]2C[C@H](N3CCCCC3)C2)c1. The highest BCUT2D eigenvalue weighted by atomic mass is 79.9. The van der Waals surface area contributed by atoms with Crippen LogP contribution < -0.4 is 4.74 Å². The summed E-state index contributed by atoms with van der Waals surface area (Å²) < 4.78 is 7.09. The molecule has 0 bridgehead atoms. The van der Waals surface area contributed by atoms with Crippen LogP contribution in [-0.4, -0.2) is 30.1 Å². The molecule has 0 amide bonds. The fourth-order valence-corrected chi connectivity index (χ4v) is 3.33. The van der Waals surface area contributed by atoms with E-state index >= 15 is 0 Å². The van der Waals surface area contributed by atoms with Crippen molar-refractivity contribution in [1.29, 1.82) is 0 Å². The van der Waals surface area contributed by atoms with Crippen LogP contribution in [-0.2, 0) is 0 Å². The summed E-state index contributed by atoms with van der Waals surface area (Å²) >= 11 is 3.48. The zero-order valence-corrected chi connectivity index (χ0v) is 12.2. The van der Waals surface area contributed by atoms with E-state index in [4.69, 9.17) is 4.74 Å². The quantitative estimate of drug-likeness (QED) is 0.841. The largest absolute Gasteiger partial charge is 0.490 e. The van der Waals surface area contributed by atoms with E-state index in [0.717, 1.165) is 16.3 Å². The van der Waals surface area contributed by atoms with Crippen molar-refractivity contribution >= 4 is 15.9 Å². The Morgan fingerprint density at radius 2 is 1.89 bits per heavy atom. The maximum absolute atomic E-state index is 6.00. The minimum absolute atomic E-state index is 0.422. The zero-order valence-electron chi connectivity index (χ0n) is 10.6. The smallest absolute Gasteiger partial charge is 0.120 e. The van der Waals surface area contributed by atoms with Gasteiger partial charge in [-0.1, -0.05) is 28.4 Å². The molecule has 1 aliphatic heterocycles. The van der Waals surface area contributed by atoms with Gasteiger partial charge in [0.1, 0.15) is 11.9 Å². The van der Waals surface area contributed by atoms with Crippen molar-refractivity contribution in [2.45, 2.75) is 44.2 Å². The van der Waals surface area contributed by atoms with Crippen molar-refractivity contribution in [3.05, 3.63) is 28.7 Å². The van der Waals surface area contributed by atoms with Crippen molar-refractivity contribution in [2.75, 3.05) is 13.1 Å². The molecule has 1 aromatic rings. The first-order valence-corrected chi connectivity index (χ1v) is 7.77. The van der Waals surface area contributed by atoms with Crippen LogP contribution in [0.25, 0.3) is 0 Å². The first kappa shape index (κ1) is 12.5. The Morgan fingerprint density at radius 3 is 2.61 bits per heavy atom. The van der Waals surface area contributed by atoms with Gasteiger partial charge in [0, 0.05) is 23.4 Å². The number of hydrogen-bond acceptors (Lipinski definition) is 2. The van der Waals surface area contributed by atoms with Gasteiger partial charge in [0.15, 0.2) is 0 Å². The summed E-state index contributed by atoms with van der Waals surface area (Å²) in [6.45, 7) is 2.60. The summed E-state index contributed by atoms with van der Waals surface area (Å²) in [5.74, 6) is 0.992. The normalized spacial score (nSPS) is 28.7. The van der Waals surface area contributed by atoms with Gasteiger partial charge in [-0.25, -0.2) is 0 Å². The number of ether oxygens (including phenoxy) is 1. The standard InChI is InChI=1S/C15H20BrNO/c16-12-5-4-6-14(9-12)18-15-10-13(11-15)17-7-2-1-3-8-17/h4-6,9,13,15H,1-3,7-8,10-11H2/t13-,15-. The second kappa shape index (κ2) is 5.62. The summed E-state index contributed by atoms with van der Waals surface area (Å²) in [6, 6.07) is 8.93. The maximum Gasteiger partial charge on any atom is 0.120 e. The van der Waals surface area contributed by atoms with Crippen LogP contribution in [0, 0.1) is 0 Å². The molecule has 1 aliphatic carbocycles. The minimum atomic E-state index is 0.422. The zero-order chi connectivity index (χ0) is 12.4. The first-order valence-electron chi connectivity index (χ1n) is 6.97. The summed E-state index contributed by atoms with van der Waals surface area (Å²) in [5.41, 5.74) is 0. The van der Waals surface area contributed by atoms with E-state index in [0.29, 0.717) is 6.10 Å². The Hall–Kier alpha value is -0.540.